The molecule has 0 radical (unpaired) electrons. The molecule has 0 aliphatic heterocycles. The van der Waals surface area contributed by atoms with Crippen molar-refractivity contribution in [2.24, 2.45) is 0 Å². The van der Waals surface area contributed by atoms with Crippen LogP contribution in [0.25, 0.3) is 0 Å². The number of nitro groups is 1. The van der Waals surface area contributed by atoms with Crippen LogP contribution in [0.2, 0.25) is 5.02 Å². The van der Waals surface area contributed by atoms with E-state index in [2.05, 4.69) is 21.5 Å². The second-order valence-electron chi connectivity index (χ2n) is 4.81. The van der Waals surface area contributed by atoms with Gasteiger partial charge in [-0.3, -0.25) is 15.5 Å². The molecule has 2 aromatic rings. The molecular formula is C15H14ClN5O4S. The average molecular weight is 396 g/mol. The van der Waals surface area contributed by atoms with E-state index in [-0.39, 0.29) is 22.2 Å². The van der Waals surface area contributed by atoms with Crippen LogP contribution in [0.5, 0.6) is 5.75 Å². The second-order valence-corrected chi connectivity index (χ2v) is 5.65. The molecule has 0 aromatic heterocycles. The van der Waals surface area contributed by atoms with Crippen molar-refractivity contribution in [3.63, 3.8) is 0 Å². The van der Waals surface area contributed by atoms with Gasteiger partial charge < -0.3 is 15.4 Å². The van der Waals surface area contributed by atoms with Crippen LogP contribution in [0.4, 0.5) is 21.9 Å². The third-order valence-corrected chi connectivity index (χ3v) is 3.49. The molecule has 0 bridgehead atoms. The highest BCUT2D eigenvalue weighted by Crippen LogP contribution is 2.28. The number of ether oxygens (including phenoxy) is 1. The summed E-state index contributed by atoms with van der Waals surface area (Å²) < 4.78 is 5.04. The highest BCUT2D eigenvalue weighted by molar-refractivity contribution is 7.80. The molecule has 0 saturated heterocycles. The first kappa shape index (κ1) is 19.2. The Morgan fingerprint density at radius 1 is 1.15 bits per heavy atom. The van der Waals surface area contributed by atoms with Crippen molar-refractivity contribution in [1.82, 2.24) is 10.9 Å². The highest BCUT2D eigenvalue weighted by atomic mass is 35.5. The molecule has 2 amide bonds. The van der Waals surface area contributed by atoms with Crippen LogP contribution in [-0.2, 0) is 0 Å². The molecule has 26 heavy (non-hydrogen) atoms. The van der Waals surface area contributed by atoms with Gasteiger partial charge in [-0.2, -0.15) is 0 Å². The molecule has 2 rings (SSSR count). The van der Waals surface area contributed by atoms with Gasteiger partial charge >= 0.3 is 6.03 Å². The van der Waals surface area contributed by atoms with E-state index in [9.17, 15) is 14.9 Å². The average Bonchev–Trinajstić information content (AvgIpc) is 2.62. The summed E-state index contributed by atoms with van der Waals surface area (Å²) in [6, 6.07) is 9.99. The number of anilines is 2. The van der Waals surface area contributed by atoms with Gasteiger partial charge in [0.25, 0.3) is 5.69 Å². The van der Waals surface area contributed by atoms with E-state index in [1.54, 1.807) is 24.3 Å². The summed E-state index contributed by atoms with van der Waals surface area (Å²) in [5.74, 6) is 0.149. The Bertz CT molecular complexity index is 831. The van der Waals surface area contributed by atoms with Crippen molar-refractivity contribution in [2.75, 3.05) is 17.7 Å². The fourth-order valence-corrected chi connectivity index (χ4v) is 2.15. The minimum Gasteiger partial charge on any atom is -0.494 e. The molecular weight excluding hydrogens is 382 g/mol. The summed E-state index contributed by atoms with van der Waals surface area (Å²) in [7, 11) is 1.34. The smallest absolute Gasteiger partial charge is 0.338 e. The zero-order chi connectivity index (χ0) is 19.1. The third-order valence-electron chi connectivity index (χ3n) is 3.04. The van der Waals surface area contributed by atoms with Gasteiger partial charge in [-0.1, -0.05) is 11.6 Å². The molecule has 0 heterocycles. The molecule has 0 aliphatic carbocycles. The molecule has 0 aliphatic rings. The fraction of sp³-hybridized carbons (Fsp3) is 0.0667. The van der Waals surface area contributed by atoms with E-state index in [1.807, 2.05) is 0 Å². The first-order valence-electron chi connectivity index (χ1n) is 7.11. The van der Waals surface area contributed by atoms with E-state index in [0.717, 1.165) is 0 Å². The van der Waals surface area contributed by atoms with Gasteiger partial charge in [0.15, 0.2) is 5.11 Å². The van der Waals surface area contributed by atoms with Crippen LogP contribution >= 0.6 is 23.8 Å². The van der Waals surface area contributed by atoms with Gasteiger partial charge in [0.1, 0.15) is 5.75 Å². The van der Waals surface area contributed by atoms with E-state index < -0.39 is 11.0 Å². The van der Waals surface area contributed by atoms with Gasteiger partial charge in [0.2, 0.25) is 0 Å². The van der Waals surface area contributed by atoms with Gasteiger partial charge in [-0.25, -0.2) is 10.2 Å². The topological polar surface area (TPSA) is 118 Å². The van der Waals surface area contributed by atoms with Gasteiger partial charge in [-0.15, -0.1) is 0 Å². The number of nitrogens with one attached hydrogen (secondary N) is 4. The number of carbonyl (C=O) groups is 1. The number of amides is 2. The summed E-state index contributed by atoms with van der Waals surface area (Å²) in [6.45, 7) is 0. The quantitative estimate of drug-likeness (QED) is 0.356. The number of benzene rings is 2. The number of hydrazine groups is 1. The molecule has 9 nitrogen and oxygen atoms in total. The fourth-order valence-electron chi connectivity index (χ4n) is 1.86. The van der Waals surface area contributed by atoms with Gasteiger partial charge in [0.05, 0.1) is 23.8 Å². The molecule has 11 heteroatoms. The number of thiocarbonyl (C=S) groups is 1. The van der Waals surface area contributed by atoms with Crippen molar-refractivity contribution in [3.05, 3.63) is 57.6 Å². The molecule has 0 unspecified atom stereocenters. The summed E-state index contributed by atoms with van der Waals surface area (Å²) in [5, 5.41) is 16.8. The monoisotopic (exact) mass is 395 g/mol. The first-order valence-corrected chi connectivity index (χ1v) is 7.89. The Morgan fingerprint density at radius 3 is 2.46 bits per heavy atom. The van der Waals surface area contributed by atoms with Crippen LogP contribution < -0.4 is 26.2 Å². The number of nitro benzene ring substituents is 1. The lowest BCUT2D eigenvalue weighted by molar-refractivity contribution is -0.384. The molecule has 2 aromatic carbocycles. The van der Waals surface area contributed by atoms with Crippen molar-refractivity contribution < 1.29 is 14.5 Å². The van der Waals surface area contributed by atoms with Gasteiger partial charge in [-0.05, 0) is 42.5 Å². The van der Waals surface area contributed by atoms with Crippen LogP contribution in [0.1, 0.15) is 0 Å². The van der Waals surface area contributed by atoms with E-state index in [0.29, 0.717) is 10.7 Å². The van der Waals surface area contributed by atoms with Crippen molar-refractivity contribution in [1.29, 1.82) is 0 Å². The number of rotatable bonds is 4. The van der Waals surface area contributed by atoms with E-state index in [4.69, 9.17) is 28.6 Å². The minimum atomic E-state index is -0.641. The van der Waals surface area contributed by atoms with Crippen molar-refractivity contribution >= 4 is 52.0 Å². The summed E-state index contributed by atoms with van der Waals surface area (Å²) in [4.78, 5) is 22.1. The van der Waals surface area contributed by atoms with Gasteiger partial charge in [0, 0.05) is 16.8 Å². The number of halogens is 1. The number of nitrogens with zero attached hydrogens (tertiary/aromatic N) is 1. The number of carbonyl (C=O) groups excluding carboxylic acids is 1. The predicted octanol–water partition coefficient (Wildman–Crippen LogP) is 3.28. The summed E-state index contributed by atoms with van der Waals surface area (Å²) in [6.07, 6.45) is 0. The lowest BCUT2D eigenvalue weighted by Gasteiger charge is -2.13. The molecule has 136 valence electrons. The second kappa shape index (κ2) is 8.83. The SMILES string of the molecule is COc1cc([N+](=O)[O-])ccc1NC(=O)NNC(=S)Nc1ccc(Cl)cc1. The molecule has 0 saturated carbocycles. The first-order chi connectivity index (χ1) is 12.4. The maximum Gasteiger partial charge on any atom is 0.338 e. The molecule has 0 fully saturated rings. The summed E-state index contributed by atoms with van der Waals surface area (Å²) >= 11 is 10.8. The Labute approximate surface area is 158 Å². The molecule has 0 spiro atoms. The number of non-ortho nitro benzene ring substituents is 1. The normalized spacial score (nSPS) is 9.77. The highest BCUT2D eigenvalue weighted by Gasteiger charge is 2.13. The Hall–Kier alpha value is -3.11. The van der Waals surface area contributed by atoms with Crippen molar-refractivity contribution in [3.8, 4) is 5.75 Å². The zero-order valence-electron chi connectivity index (χ0n) is 13.4. The minimum absolute atomic E-state index is 0.149. The number of hydrogen-bond donors (Lipinski definition) is 4. The van der Waals surface area contributed by atoms with E-state index >= 15 is 0 Å². The lowest BCUT2D eigenvalue weighted by Crippen LogP contribution is -2.45. The lowest BCUT2D eigenvalue weighted by atomic mass is 10.2. The largest absolute Gasteiger partial charge is 0.494 e. The maximum atomic E-state index is 11.9. The van der Waals surface area contributed by atoms with Crippen molar-refractivity contribution in [2.45, 2.75) is 0 Å². The number of urea groups is 1. The van der Waals surface area contributed by atoms with Crippen LogP contribution in [0.15, 0.2) is 42.5 Å². The molecule has 0 atom stereocenters. The predicted molar refractivity (Wildman–Crippen MR) is 103 cm³/mol. The number of hydrogen-bond acceptors (Lipinski definition) is 5. The Balaban J connectivity index is 1.89. The standard InChI is InChI=1S/C15H14ClN5O4S/c1-25-13-8-11(21(23)24)6-7-12(13)18-14(22)19-20-15(26)17-10-4-2-9(16)3-5-10/h2-8H,1H3,(H2,17,20,26)(H2,18,19,22). The summed E-state index contributed by atoms with van der Waals surface area (Å²) in [5.41, 5.74) is 5.63. The van der Waals surface area contributed by atoms with Crippen LogP contribution in [-0.4, -0.2) is 23.2 Å². The van der Waals surface area contributed by atoms with Crippen LogP contribution in [0.3, 0.4) is 0 Å². The van der Waals surface area contributed by atoms with Crippen LogP contribution in [0, 0.1) is 10.1 Å². The van der Waals surface area contributed by atoms with E-state index in [1.165, 1.54) is 25.3 Å². The Morgan fingerprint density at radius 2 is 1.85 bits per heavy atom. The number of methoxy groups -OCH3 is 1. The zero-order valence-corrected chi connectivity index (χ0v) is 15.0. The molecule has 4 N–H and O–H groups in total. The third kappa shape index (κ3) is 5.46. The maximum absolute atomic E-state index is 11.9. The Kier molecular flexibility index (Phi) is 6.53.